The molecule has 1 aliphatic rings. The van der Waals surface area contributed by atoms with E-state index in [4.69, 9.17) is 4.74 Å². The summed E-state index contributed by atoms with van der Waals surface area (Å²) >= 11 is 0. The highest BCUT2D eigenvalue weighted by Gasteiger charge is 2.51. The van der Waals surface area contributed by atoms with Gasteiger partial charge in [0, 0.05) is 11.8 Å². The lowest BCUT2D eigenvalue weighted by atomic mass is 10.2. The molecule has 13 heteroatoms. The Kier molecular flexibility index (Phi) is 6.22. The minimum Gasteiger partial charge on any atom is -0.437 e. The topological polar surface area (TPSA) is 177 Å². The number of nitrogens with one attached hydrogen (secondary N) is 1. The van der Waals surface area contributed by atoms with Crippen LogP contribution in [0.5, 0.6) is 0 Å². The summed E-state index contributed by atoms with van der Waals surface area (Å²) in [5.74, 6) is 0. The molecule has 1 fully saturated rings. The van der Waals surface area contributed by atoms with E-state index in [0.29, 0.717) is 0 Å². The molecule has 0 saturated heterocycles. The van der Waals surface area contributed by atoms with Gasteiger partial charge in [-0.3, -0.25) is 14.3 Å². The molecule has 0 amide bonds. The number of aromatic nitrogens is 2. The molecule has 28 heavy (non-hydrogen) atoms. The van der Waals surface area contributed by atoms with Gasteiger partial charge in [-0.2, -0.15) is 0 Å². The number of carbonyl (C=O) groups is 1. The van der Waals surface area contributed by atoms with Gasteiger partial charge in [0.15, 0.2) is 5.34 Å². The highest BCUT2D eigenvalue weighted by molar-refractivity contribution is 7.54. The van der Waals surface area contributed by atoms with E-state index in [0.717, 1.165) is 11.7 Å². The molecule has 1 saturated carbocycles. The third kappa shape index (κ3) is 4.20. The molecule has 5 atom stereocenters. The lowest BCUT2D eigenvalue weighted by Gasteiger charge is -2.32. The van der Waals surface area contributed by atoms with Crippen molar-refractivity contribution in [1.29, 1.82) is 0 Å². The number of aryl methyl sites for hydroxylation is 1. The Labute approximate surface area is 159 Å². The second kappa shape index (κ2) is 7.80. The van der Waals surface area contributed by atoms with Crippen LogP contribution in [-0.2, 0) is 18.6 Å². The third-order valence-electron chi connectivity index (χ3n) is 4.59. The fourth-order valence-corrected chi connectivity index (χ4v) is 3.64. The lowest BCUT2D eigenvalue weighted by molar-refractivity contribution is -0.0975. The van der Waals surface area contributed by atoms with Crippen LogP contribution in [0.1, 0.15) is 31.9 Å². The third-order valence-corrected chi connectivity index (χ3v) is 6.45. The summed E-state index contributed by atoms with van der Waals surface area (Å²) in [5, 5.41) is 18.7. The number of ether oxygens (including phenoxy) is 2. The van der Waals surface area contributed by atoms with Gasteiger partial charge in [0.2, 0.25) is 0 Å². The van der Waals surface area contributed by atoms with Crippen molar-refractivity contribution >= 4 is 13.8 Å². The summed E-state index contributed by atoms with van der Waals surface area (Å²) in [6.07, 6.45) is -4.40. The van der Waals surface area contributed by atoms with Crippen molar-refractivity contribution in [3.05, 3.63) is 32.6 Å². The van der Waals surface area contributed by atoms with Crippen LogP contribution in [0.2, 0.25) is 0 Å². The van der Waals surface area contributed by atoms with Gasteiger partial charge >= 0.3 is 19.4 Å². The molecule has 1 aromatic heterocycles. The van der Waals surface area contributed by atoms with E-state index in [1.54, 1.807) is 0 Å². The minimum atomic E-state index is -4.69. The highest BCUT2D eigenvalue weighted by Crippen LogP contribution is 2.57. The number of H-pyrrole nitrogens is 1. The standard InChI is InChI=1S/C15H23N2O10P/c1-7-6-17(13(21)16-12(7)20)8-5-9(11(19)10(8)18)26-15(2,3)28(23,24)27-14(22)25-4/h6,8-11,18-19H,5H2,1-4H3,(H,23,24)(H,16,20,21)/t8-,9?,10-,11?/m1/s1. The van der Waals surface area contributed by atoms with Crippen LogP contribution in [0.4, 0.5) is 4.79 Å². The fraction of sp³-hybridized carbons (Fsp3) is 0.667. The Morgan fingerprint density at radius 2 is 1.93 bits per heavy atom. The number of nitrogens with zero attached hydrogens (tertiary/aromatic N) is 1. The molecule has 12 nitrogen and oxygen atoms in total. The van der Waals surface area contributed by atoms with Gasteiger partial charge in [-0.15, -0.1) is 0 Å². The van der Waals surface area contributed by atoms with Crippen molar-refractivity contribution in [2.75, 3.05) is 7.11 Å². The number of carbonyl (C=O) groups excluding carboxylic acids is 1. The van der Waals surface area contributed by atoms with Crippen molar-refractivity contribution in [3.8, 4) is 0 Å². The summed E-state index contributed by atoms with van der Waals surface area (Å²) in [6, 6.07) is -0.960. The molecule has 0 aromatic carbocycles. The number of aliphatic hydroxyl groups is 2. The zero-order valence-electron chi connectivity index (χ0n) is 15.7. The maximum atomic E-state index is 12.3. The number of aromatic amines is 1. The van der Waals surface area contributed by atoms with Crippen molar-refractivity contribution in [2.24, 2.45) is 0 Å². The zero-order valence-corrected chi connectivity index (χ0v) is 16.6. The second-order valence-electron chi connectivity index (χ2n) is 6.93. The predicted octanol–water partition coefficient (Wildman–Crippen LogP) is -0.399. The first kappa shape index (κ1) is 22.3. The summed E-state index contributed by atoms with van der Waals surface area (Å²) in [5.41, 5.74) is -1.14. The molecular weight excluding hydrogens is 399 g/mol. The Hall–Kier alpha value is -1.98. The van der Waals surface area contributed by atoms with E-state index < -0.39 is 54.7 Å². The van der Waals surface area contributed by atoms with Crippen LogP contribution in [0.25, 0.3) is 0 Å². The van der Waals surface area contributed by atoms with Gasteiger partial charge in [-0.05, 0) is 27.2 Å². The fourth-order valence-electron chi connectivity index (χ4n) is 2.88. The molecule has 2 rings (SSSR count). The first-order valence-electron chi connectivity index (χ1n) is 8.27. The average Bonchev–Trinajstić information content (AvgIpc) is 2.85. The maximum Gasteiger partial charge on any atom is 0.514 e. The van der Waals surface area contributed by atoms with Gasteiger partial charge in [0.25, 0.3) is 5.56 Å². The maximum absolute atomic E-state index is 12.3. The molecule has 0 radical (unpaired) electrons. The normalized spacial score (nSPS) is 27.2. The lowest BCUT2D eigenvalue weighted by Crippen LogP contribution is -2.40. The summed E-state index contributed by atoms with van der Waals surface area (Å²) < 4.78 is 27.5. The number of methoxy groups -OCH3 is 1. The zero-order chi connectivity index (χ0) is 21.4. The average molecular weight is 422 g/mol. The Morgan fingerprint density at radius 1 is 1.32 bits per heavy atom. The largest absolute Gasteiger partial charge is 0.514 e. The summed E-state index contributed by atoms with van der Waals surface area (Å²) in [4.78, 5) is 46.9. The van der Waals surface area contributed by atoms with Crippen LogP contribution in [0.15, 0.2) is 15.8 Å². The van der Waals surface area contributed by atoms with E-state index >= 15 is 0 Å². The highest BCUT2D eigenvalue weighted by atomic mass is 31.2. The molecule has 1 aromatic rings. The van der Waals surface area contributed by atoms with Crippen molar-refractivity contribution in [2.45, 2.75) is 56.9 Å². The van der Waals surface area contributed by atoms with Crippen molar-refractivity contribution in [3.63, 3.8) is 0 Å². The monoisotopic (exact) mass is 422 g/mol. The first-order chi connectivity index (χ1) is 12.8. The van der Waals surface area contributed by atoms with Gasteiger partial charge in [0.05, 0.1) is 19.3 Å². The van der Waals surface area contributed by atoms with E-state index in [2.05, 4.69) is 14.2 Å². The number of rotatable bonds is 5. The molecule has 1 aliphatic carbocycles. The predicted molar refractivity (Wildman–Crippen MR) is 94.0 cm³/mol. The first-order valence-corrected chi connectivity index (χ1v) is 9.85. The van der Waals surface area contributed by atoms with Crippen molar-refractivity contribution < 1.29 is 38.5 Å². The smallest absolute Gasteiger partial charge is 0.437 e. The van der Waals surface area contributed by atoms with E-state index in [9.17, 15) is 34.1 Å². The van der Waals surface area contributed by atoms with Crippen LogP contribution in [-0.4, -0.2) is 61.6 Å². The molecule has 158 valence electrons. The van der Waals surface area contributed by atoms with Gasteiger partial charge in [-0.25, -0.2) is 14.2 Å². The van der Waals surface area contributed by atoms with Gasteiger partial charge in [0.1, 0.15) is 12.2 Å². The molecular formula is C15H23N2O10P. The van der Waals surface area contributed by atoms with Gasteiger partial charge in [-0.1, -0.05) is 0 Å². The number of hydrogen-bond acceptors (Lipinski definition) is 9. The van der Waals surface area contributed by atoms with Crippen LogP contribution in [0.3, 0.4) is 0 Å². The molecule has 4 N–H and O–H groups in total. The van der Waals surface area contributed by atoms with Crippen LogP contribution < -0.4 is 11.2 Å². The Balaban J connectivity index is 2.26. The molecule has 0 bridgehead atoms. The van der Waals surface area contributed by atoms with E-state index in [1.807, 2.05) is 0 Å². The molecule has 1 heterocycles. The van der Waals surface area contributed by atoms with Gasteiger partial charge < -0.3 is 29.1 Å². The van der Waals surface area contributed by atoms with E-state index in [1.165, 1.54) is 27.0 Å². The second-order valence-corrected chi connectivity index (χ2v) is 9.23. The molecule has 3 unspecified atom stereocenters. The number of aliphatic hydroxyl groups excluding tert-OH is 2. The van der Waals surface area contributed by atoms with Crippen LogP contribution in [0, 0.1) is 6.92 Å². The summed E-state index contributed by atoms with van der Waals surface area (Å²) in [6.45, 7) is 3.80. The van der Waals surface area contributed by atoms with Crippen molar-refractivity contribution in [1.82, 2.24) is 9.55 Å². The van der Waals surface area contributed by atoms with Crippen LogP contribution >= 0.6 is 7.60 Å². The minimum absolute atomic E-state index is 0.116. The number of hydrogen-bond donors (Lipinski definition) is 4. The summed E-state index contributed by atoms with van der Waals surface area (Å²) in [7, 11) is -3.73. The van der Waals surface area contributed by atoms with E-state index in [-0.39, 0.29) is 12.0 Å². The molecule has 0 aliphatic heterocycles. The Bertz CT molecular complexity index is 907. The SMILES string of the molecule is COC(=O)OP(=O)(O)C(C)(C)OC1C[C@@H](n2cc(C)c(=O)[nH]c2=O)[C@@H](O)C1O. The Morgan fingerprint density at radius 3 is 2.50 bits per heavy atom. The quantitative estimate of drug-likeness (QED) is 0.360. The molecule has 0 spiro atoms.